The van der Waals surface area contributed by atoms with E-state index in [1.807, 2.05) is 37.4 Å². The fourth-order valence-electron chi connectivity index (χ4n) is 2.22. The zero-order valence-corrected chi connectivity index (χ0v) is 12.9. The number of benzene rings is 2. The fraction of sp³-hybridized carbons (Fsp3) is 0.294. The molecule has 0 saturated carbocycles. The van der Waals surface area contributed by atoms with E-state index in [1.54, 1.807) is 6.92 Å². The van der Waals surface area contributed by atoms with E-state index < -0.39 is 6.10 Å². The van der Waals surface area contributed by atoms with Crippen molar-refractivity contribution in [3.63, 3.8) is 0 Å². The summed E-state index contributed by atoms with van der Waals surface area (Å²) in [5, 5.41) is 10.2. The maximum absolute atomic E-state index is 9.58. The van der Waals surface area contributed by atoms with Crippen LogP contribution in [0.4, 0.5) is 5.69 Å². The highest BCUT2D eigenvalue weighted by Gasteiger charge is 2.10. The molecule has 20 heavy (non-hydrogen) atoms. The number of aliphatic hydroxyl groups is 1. The van der Waals surface area contributed by atoms with Gasteiger partial charge in [0.05, 0.1) is 16.8 Å². The van der Waals surface area contributed by atoms with Crippen LogP contribution in [-0.4, -0.2) is 12.2 Å². The molecule has 2 aromatic rings. The summed E-state index contributed by atoms with van der Waals surface area (Å²) < 4.78 is 0. The van der Waals surface area contributed by atoms with Crippen molar-refractivity contribution in [2.75, 3.05) is 11.9 Å². The van der Waals surface area contributed by atoms with Gasteiger partial charge in [0.25, 0.3) is 0 Å². The van der Waals surface area contributed by atoms with Crippen molar-refractivity contribution in [2.45, 2.75) is 26.5 Å². The van der Waals surface area contributed by atoms with Crippen molar-refractivity contribution in [1.82, 2.24) is 0 Å². The van der Waals surface area contributed by atoms with E-state index >= 15 is 0 Å². The first-order valence-electron chi connectivity index (χ1n) is 6.72. The van der Waals surface area contributed by atoms with Gasteiger partial charge < -0.3 is 10.0 Å². The molecular weight excluding hydrogens is 270 g/mol. The number of hydrogen-bond acceptors (Lipinski definition) is 2. The Labute approximate surface area is 125 Å². The Balaban J connectivity index is 2.21. The van der Waals surface area contributed by atoms with Gasteiger partial charge in [-0.25, -0.2) is 0 Å². The first-order chi connectivity index (χ1) is 9.49. The number of hydrogen-bond donors (Lipinski definition) is 1. The molecule has 0 aliphatic carbocycles. The van der Waals surface area contributed by atoms with Gasteiger partial charge in [0.1, 0.15) is 0 Å². The number of aryl methyl sites for hydroxylation is 1. The van der Waals surface area contributed by atoms with E-state index in [0.717, 1.165) is 17.8 Å². The lowest BCUT2D eigenvalue weighted by Crippen LogP contribution is -2.17. The lowest BCUT2D eigenvalue weighted by Gasteiger charge is -2.22. The van der Waals surface area contributed by atoms with Gasteiger partial charge in [0, 0.05) is 13.6 Å². The van der Waals surface area contributed by atoms with Gasteiger partial charge in [0.15, 0.2) is 0 Å². The second kappa shape index (κ2) is 6.29. The highest BCUT2D eigenvalue weighted by Crippen LogP contribution is 2.29. The molecule has 1 atom stereocenters. The minimum atomic E-state index is -0.497. The van der Waals surface area contributed by atoms with E-state index in [0.29, 0.717) is 5.02 Å². The normalized spacial score (nSPS) is 12.2. The third-order valence-electron chi connectivity index (χ3n) is 3.53. The van der Waals surface area contributed by atoms with Crippen LogP contribution in [0, 0.1) is 6.92 Å². The molecule has 0 unspecified atom stereocenters. The predicted octanol–water partition coefficient (Wildman–Crippen LogP) is 4.34. The molecule has 0 aliphatic heterocycles. The molecule has 0 bridgehead atoms. The van der Waals surface area contributed by atoms with E-state index in [2.05, 4.69) is 24.0 Å². The van der Waals surface area contributed by atoms with Crippen LogP contribution in [0.5, 0.6) is 0 Å². The highest BCUT2D eigenvalue weighted by atomic mass is 35.5. The molecule has 106 valence electrons. The largest absolute Gasteiger partial charge is 0.389 e. The molecule has 0 fully saturated rings. The summed E-state index contributed by atoms with van der Waals surface area (Å²) in [6.07, 6.45) is -0.497. The average Bonchev–Trinajstić information content (AvgIpc) is 2.41. The highest BCUT2D eigenvalue weighted by molar-refractivity contribution is 6.33. The Bertz CT molecular complexity index is 595. The monoisotopic (exact) mass is 289 g/mol. The lowest BCUT2D eigenvalue weighted by molar-refractivity contribution is 0.199. The zero-order chi connectivity index (χ0) is 14.7. The number of anilines is 1. The van der Waals surface area contributed by atoms with Crippen LogP contribution in [0.3, 0.4) is 0 Å². The molecule has 0 spiro atoms. The van der Waals surface area contributed by atoms with Crippen molar-refractivity contribution < 1.29 is 5.11 Å². The minimum absolute atomic E-state index is 0.497. The third kappa shape index (κ3) is 3.33. The first kappa shape index (κ1) is 14.9. The topological polar surface area (TPSA) is 23.5 Å². The summed E-state index contributed by atoms with van der Waals surface area (Å²) in [6, 6.07) is 14.0. The van der Waals surface area contributed by atoms with E-state index in [-0.39, 0.29) is 0 Å². The minimum Gasteiger partial charge on any atom is -0.389 e. The zero-order valence-electron chi connectivity index (χ0n) is 12.1. The van der Waals surface area contributed by atoms with Crippen molar-refractivity contribution in [1.29, 1.82) is 0 Å². The summed E-state index contributed by atoms with van der Waals surface area (Å²) >= 11 is 6.32. The third-order valence-corrected chi connectivity index (χ3v) is 3.84. The summed E-state index contributed by atoms with van der Waals surface area (Å²) in [7, 11) is 2.02. The van der Waals surface area contributed by atoms with Gasteiger partial charge in [-0.2, -0.15) is 0 Å². The molecule has 0 aliphatic rings. The molecule has 0 aromatic heterocycles. The first-order valence-corrected chi connectivity index (χ1v) is 7.10. The van der Waals surface area contributed by atoms with E-state index in [1.165, 1.54) is 11.1 Å². The Hall–Kier alpha value is -1.51. The quantitative estimate of drug-likeness (QED) is 0.905. The maximum Gasteiger partial charge on any atom is 0.0762 e. The Morgan fingerprint density at radius 2 is 1.90 bits per heavy atom. The number of halogens is 1. The number of aliphatic hydroxyl groups excluding tert-OH is 1. The van der Waals surface area contributed by atoms with Crippen LogP contribution in [-0.2, 0) is 6.54 Å². The predicted molar refractivity (Wildman–Crippen MR) is 85.4 cm³/mol. The Kier molecular flexibility index (Phi) is 4.69. The van der Waals surface area contributed by atoms with Crippen molar-refractivity contribution in [3.05, 3.63) is 64.2 Å². The lowest BCUT2D eigenvalue weighted by atomic mass is 10.1. The molecule has 2 rings (SSSR count). The molecule has 3 heteroatoms. The van der Waals surface area contributed by atoms with Crippen molar-refractivity contribution in [2.24, 2.45) is 0 Å². The molecule has 1 N–H and O–H groups in total. The molecule has 2 nitrogen and oxygen atoms in total. The van der Waals surface area contributed by atoms with Crippen LogP contribution in [0.15, 0.2) is 42.5 Å². The van der Waals surface area contributed by atoms with Crippen LogP contribution in [0.2, 0.25) is 5.02 Å². The van der Waals surface area contributed by atoms with Gasteiger partial charge in [-0.05, 0) is 42.7 Å². The number of nitrogens with zero attached hydrogens (tertiary/aromatic N) is 1. The molecule has 0 amide bonds. The average molecular weight is 290 g/mol. The summed E-state index contributed by atoms with van der Waals surface area (Å²) in [5.41, 5.74) is 4.36. The maximum atomic E-state index is 9.58. The molecule has 0 heterocycles. The molecule has 2 aromatic carbocycles. The van der Waals surface area contributed by atoms with Crippen LogP contribution in [0.25, 0.3) is 0 Å². The summed E-state index contributed by atoms with van der Waals surface area (Å²) in [4.78, 5) is 2.12. The number of rotatable bonds is 4. The van der Waals surface area contributed by atoms with Crippen LogP contribution in [0.1, 0.15) is 29.7 Å². The fourth-order valence-corrected chi connectivity index (χ4v) is 2.55. The van der Waals surface area contributed by atoms with E-state index in [4.69, 9.17) is 11.6 Å². The Morgan fingerprint density at radius 1 is 1.20 bits per heavy atom. The second-order valence-electron chi connectivity index (χ2n) is 5.17. The smallest absolute Gasteiger partial charge is 0.0762 e. The Morgan fingerprint density at radius 3 is 2.50 bits per heavy atom. The van der Waals surface area contributed by atoms with Gasteiger partial charge in [-0.3, -0.25) is 0 Å². The SMILES string of the molecule is Cc1ccccc1CN(C)c1ccc([C@H](C)O)cc1Cl. The molecule has 0 radical (unpaired) electrons. The molecular formula is C17H20ClNO. The second-order valence-corrected chi connectivity index (χ2v) is 5.58. The van der Waals surface area contributed by atoms with Gasteiger partial charge >= 0.3 is 0 Å². The van der Waals surface area contributed by atoms with Gasteiger partial charge in [-0.15, -0.1) is 0 Å². The molecule has 0 saturated heterocycles. The van der Waals surface area contributed by atoms with Crippen LogP contribution < -0.4 is 4.90 Å². The van der Waals surface area contributed by atoms with Crippen molar-refractivity contribution >= 4 is 17.3 Å². The van der Waals surface area contributed by atoms with E-state index in [9.17, 15) is 5.11 Å². The van der Waals surface area contributed by atoms with Gasteiger partial charge in [0.2, 0.25) is 0 Å². The summed E-state index contributed by atoms with van der Waals surface area (Å²) in [5.74, 6) is 0. The standard InChI is InChI=1S/C17H20ClNO/c1-12-6-4-5-7-15(12)11-19(3)17-9-8-14(13(2)20)10-16(17)18/h4-10,13,20H,11H2,1-3H3/t13-/m0/s1. The van der Waals surface area contributed by atoms with Crippen LogP contribution >= 0.6 is 11.6 Å². The summed E-state index contributed by atoms with van der Waals surface area (Å²) in [6.45, 7) is 4.66. The van der Waals surface area contributed by atoms with Gasteiger partial charge in [-0.1, -0.05) is 41.9 Å². The van der Waals surface area contributed by atoms with Crippen molar-refractivity contribution in [3.8, 4) is 0 Å².